The van der Waals surface area contributed by atoms with Crippen LogP contribution in [0.5, 0.6) is 0 Å². The molecule has 0 aliphatic rings. The Morgan fingerprint density at radius 3 is 2.43 bits per heavy atom. The predicted octanol–water partition coefficient (Wildman–Crippen LogP) is 4.54. The van der Waals surface area contributed by atoms with E-state index in [4.69, 9.17) is 0 Å². The molecule has 0 aliphatic heterocycles. The maximum Gasteiger partial charge on any atom is -0.0162 e. The molecule has 0 radical (unpaired) electrons. The molecule has 0 nitrogen and oxygen atoms in total. The van der Waals surface area contributed by atoms with Crippen LogP contribution in [-0.2, 0) is 0 Å². The van der Waals surface area contributed by atoms with Gasteiger partial charge in [-0.3, -0.25) is 0 Å². The molecule has 1 atom stereocenters. The van der Waals surface area contributed by atoms with Crippen molar-refractivity contribution in [3.8, 4) is 0 Å². The molecule has 1 unspecified atom stereocenters. The van der Waals surface area contributed by atoms with Crippen LogP contribution in [-0.4, -0.2) is 0 Å². The summed E-state index contributed by atoms with van der Waals surface area (Å²) in [6.45, 7) is 8.32. The Labute approximate surface area is 87.7 Å². The van der Waals surface area contributed by atoms with E-state index in [9.17, 15) is 0 Å². The van der Waals surface area contributed by atoms with Crippen LogP contribution >= 0.6 is 0 Å². The fourth-order valence-corrected chi connectivity index (χ4v) is 1.75. The van der Waals surface area contributed by atoms with Crippen molar-refractivity contribution in [3.05, 3.63) is 48.0 Å². The average Bonchev–Trinajstić information content (AvgIpc) is 2.20. The van der Waals surface area contributed by atoms with Gasteiger partial charge in [0.15, 0.2) is 0 Å². The Morgan fingerprint density at radius 2 is 1.93 bits per heavy atom. The van der Waals surface area contributed by atoms with Gasteiger partial charge in [-0.1, -0.05) is 42.8 Å². The molecule has 0 bridgehead atoms. The largest absolute Gasteiger partial charge is 0.100 e. The van der Waals surface area contributed by atoms with Gasteiger partial charge in [0, 0.05) is 0 Å². The first kappa shape index (κ1) is 11.0. The summed E-state index contributed by atoms with van der Waals surface area (Å²) in [5.74, 6) is 0.702. The van der Waals surface area contributed by atoms with E-state index in [1.165, 1.54) is 24.0 Å². The van der Waals surface area contributed by atoms with Gasteiger partial charge in [0.2, 0.25) is 0 Å². The molecule has 0 aromatic heterocycles. The Hall–Kier alpha value is -1.04. The highest BCUT2D eigenvalue weighted by atomic mass is 14.1. The van der Waals surface area contributed by atoms with Gasteiger partial charge in [-0.15, -0.1) is 6.58 Å². The van der Waals surface area contributed by atoms with Crippen LogP contribution in [0.3, 0.4) is 0 Å². The fraction of sp³-hybridized carbons (Fsp3) is 0.429. The van der Waals surface area contributed by atoms with Crippen molar-refractivity contribution in [3.63, 3.8) is 0 Å². The molecule has 1 aromatic rings. The van der Waals surface area contributed by atoms with Crippen LogP contribution in [0.15, 0.2) is 42.5 Å². The third-order valence-corrected chi connectivity index (χ3v) is 2.68. The monoisotopic (exact) mass is 188 g/mol. The molecule has 0 N–H and O–H groups in total. The summed E-state index contributed by atoms with van der Waals surface area (Å²) >= 11 is 0. The standard InChI is InChI=1S/C14H20/c1-4-13(11-10-12(2)3)14-8-6-5-7-9-14/h5-9,13H,2,4,10-11H2,1,3H3. The topological polar surface area (TPSA) is 0 Å². The summed E-state index contributed by atoms with van der Waals surface area (Å²) < 4.78 is 0. The lowest BCUT2D eigenvalue weighted by molar-refractivity contribution is 0.604. The van der Waals surface area contributed by atoms with Gasteiger partial charge in [-0.25, -0.2) is 0 Å². The van der Waals surface area contributed by atoms with Gasteiger partial charge in [0.25, 0.3) is 0 Å². The molecule has 0 heterocycles. The number of hydrogen-bond donors (Lipinski definition) is 0. The smallest absolute Gasteiger partial charge is 0.0162 e. The molecule has 1 aromatic carbocycles. The van der Waals surface area contributed by atoms with Crippen LogP contribution in [0.1, 0.15) is 44.6 Å². The minimum absolute atomic E-state index is 0.702. The van der Waals surface area contributed by atoms with E-state index in [0.29, 0.717) is 5.92 Å². The zero-order valence-corrected chi connectivity index (χ0v) is 9.29. The minimum atomic E-state index is 0.702. The molecular weight excluding hydrogens is 168 g/mol. The first-order valence-corrected chi connectivity index (χ1v) is 5.43. The van der Waals surface area contributed by atoms with E-state index in [-0.39, 0.29) is 0 Å². The minimum Gasteiger partial charge on any atom is -0.100 e. The normalized spacial score (nSPS) is 12.4. The molecule has 0 saturated carbocycles. The Balaban J connectivity index is 2.58. The van der Waals surface area contributed by atoms with Gasteiger partial charge in [0.05, 0.1) is 0 Å². The molecule has 0 spiro atoms. The van der Waals surface area contributed by atoms with Crippen molar-refractivity contribution in [1.29, 1.82) is 0 Å². The van der Waals surface area contributed by atoms with Crippen molar-refractivity contribution >= 4 is 0 Å². The molecule has 0 heteroatoms. The van der Waals surface area contributed by atoms with E-state index >= 15 is 0 Å². The summed E-state index contributed by atoms with van der Waals surface area (Å²) in [6, 6.07) is 10.8. The van der Waals surface area contributed by atoms with Crippen molar-refractivity contribution in [2.24, 2.45) is 0 Å². The number of benzene rings is 1. The van der Waals surface area contributed by atoms with Crippen LogP contribution in [0.25, 0.3) is 0 Å². The summed E-state index contributed by atoms with van der Waals surface area (Å²) in [5, 5.41) is 0. The summed E-state index contributed by atoms with van der Waals surface area (Å²) in [7, 11) is 0. The second-order valence-corrected chi connectivity index (χ2v) is 4.01. The molecule has 0 aliphatic carbocycles. The molecule has 14 heavy (non-hydrogen) atoms. The van der Waals surface area contributed by atoms with E-state index in [0.717, 1.165) is 6.42 Å². The maximum atomic E-state index is 3.96. The van der Waals surface area contributed by atoms with Gasteiger partial charge >= 0.3 is 0 Å². The maximum absolute atomic E-state index is 3.96. The first-order chi connectivity index (χ1) is 6.74. The van der Waals surface area contributed by atoms with Gasteiger partial charge in [-0.05, 0) is 37.7 Å². The number of rotatable bonds is 5. The van der Waals surface area contributed by atoms with Crippen molar-refractivity contribution in [2.45, 2.75) is 39.0 Å². The SMILES string of the molecule is C=C(C)CCC(CC)c1ccccc1. The lowest BCUT2D eigenvalue weighted by Crippen LogP contribution is -1.97. The molecular formula is C14H20. The van der Waals surface area contributed by atoms with E-state index in [2.05, 4.69) is 50.8 Å². The van der Waals surface area contributed by atoms with Gasteiger partial charge < -0.3 is 0 Å². The van der Waals surface area contributed by atoms with Gasteiger partial charge in [0.1, 0.15) is 0 Å². The van der Waals surface area contributed by atoms with Crippen LogP contribution in [0.2, 0.25) is 0 Å². The number of hydrogen-bond acceptors (Lipinski definition) is 0. The summed E-state index contributed by atoms with van der Waals surface area (Å²) in [5.41, 5.74) is 2.76. The third kappa shape index (κ3) is 3.37. The lowest BCUT2D eigenvalue weighted by atomic mass is 9.91. The molecule has 0 fully saturated rings. The average molecular weight is 188 g/mol. The quantitative estimate of drug-likeness (QED) is 0.595. The van der Waals surface area contributed by atoms with E-state index < -0.39 is 0 Å². The zero-order valence-electron chi connectivity index (χ0n) is 9.29. The Bertz CT molecular complexity index is 271. The highest BCUT2D eigenvalue weighted by molar-refractivity contribution is 5.19. The Kier molecular flexibility index (Phi) is 4.45. The van der Waals surface area contributed by atoms with Crippen LogP contribution < -0.4 is 0 Å². The molecule has 0 saturated heterocycles. The molecule has 1 rings (SSSR count). The lowest BCUT2D eigenvalue weighted by Gasteiger charge is -2.14. The van der Waals surface area contributed by atoms with Crippen molar-refractivity contribution in [2.75, 3.05) is 0 Å². The molecule has 0 amide bonds. The van der Waals surface area contributed by atoms with Crippen molar-refractivity contribution in [1.82, 2.24) is 0 Å². The number of allylic oxidation sites excluding steroid dienone is 1. The third-order valence-electron chi connectivity index (χ3n) is 2.68. The second-order valence-electron chi connectivity index (χ2n) is 4.01. The highest BCUT2D eigenvalue weighted by Gasteiger charge is 2.07. The van der Waals surface area contributed by atoms with Crippen LogP contribution in [0.4, 0.5) is 0 Å². The zero-order chi connectivity index (χ0) is 10.4. The second kappa shape index (κ2) is 5.64. The predicted molar refractivity (Wildman–Crippen MR) is 63.5 cm³/mol. The van der Waals surface area contributed by atoms with Gasteiger partial charge in [-0.2, -0.15) is 0 Å². The highest BCUT2D eigenvalue weighted by Crippen LogP contribution is 2.25. The summed E-state index contributed by atoms with van der Waals surface area (Å²) in [4.78, 5) is 0. The van der Waals surface area contributed by atoms with Crippen LogP contribution in [0, 0.1) is 0 Å². The first-order valence-electron chi connectivity index (χ1n) is 5.43. The Morgan fingerprint density at radius 1 is 1.29 bits per heavy atom. The van der Waals surface area contributed by atoms with Crippen molar-refractivity contribution < 1.29 is 0 Å². The van der Waals surface area contributed by atoms with E-state index in [1.807, 2.05) is 0 Å². The van der Waals surface area contributed by atoms with E-state index in [1.54, 1.807) is 0 Å². The fourth-order valence-electron chi connectivity index (χ4n) is 1.75. The molecule has 76 valence electrons. The summed E-state index contributed by atoms with van der Waals surface area (Å²) in [6.07, 6.45) is 3.60.